The van der Waals surface area contributed by atoms with Crippen LogP contribution in [0.5, 0.6) is 0 Å². The van der Waals surface area contributed by atoms with Crippen molar-refractivity contribution in [3.05, 3.63) is 89.6 Å². The van der Waals surface area contributed by atoms with Gasteiger partial charge in [-0.3, -0.25) is 14.5 Å². The Morgan fingerprint density at radius 2 is 1.81 bits per heavy atom. The van der Waals surface area contributed by atoms with E-state index in [2.05, 4.69) is 47.7 Å². The predicted molar refractivity (Wildman–Crippen MR) is 141 cm³/mol. The first-order valence-corrected chi connectivity index (χ1v) is 12.5. The molecular formula is C28H26N4O3S. The molecule has 3 aromatic carbocycles. The SMILES string of the molecule is Cc1ccc(C)c(Sc2ccc(NC(=O)CN3C(=O)NC(Cc4c[nH]c5ccccc45)C3=O)cc2)c1. The summed E-state index contributed by atoms with van der Waals surface area (Å²) in [4.78, 5) is 44.3. The fourth-order valence-corrected chi connectivity index (χ4v) is 5.28. The summed E-state index contributed by atoms with van der Waals surface area (Å²) in [6.07, 6.45) is 2.20. The van der Waals surface area contributed by atoms with Crippen LogP contribution in [0.3, 0.4) is 0 Å². The van der Waals surface area contributed by atoms with Gasteiger partial charge in [-0.05, 0) is 66.9 Å². The molecule has 5 rings (SSSR count). The van der Waals surface area contributed by atoms with Crippen molar-refractivity contribution in [3.63, 3.8) is 0 Å². The van der Waals surface area contributed by atoms with Gasteiger partial charge in [0, 0.05) is 39.0 Å². The van der Waals surface area contributed by atoms with Crippen LogP contribution in [0.15, 0.2) is 82.7 Å². The van der Waals surface area contributed by atoms with E-state index in [1.54, 1.807) is 11.8 Å². The van der Waals surface area contributed by atoms with E-state index in [4.69, 9.17) is 0 Å². The van der Waals surface area contributed by atoms with Gasteiger partial charge in [0.25, 0.3) is 5.91 Å². The van der Waals surface area contributed by atoms with Crippen LogP contribution in [0.1, 0.15) is 16.7 Å². The highest BCUT2D eigenvalue weighted by molar-refractivity contribution is 7.99. The highest BCUT2D eigenvalue weighted by Gasteiger charge is 2.39. The van der Waals surface area contributed by atoms with Gasteiger partial charge in [-0.2, -0.15) is 0 Å². The summed E-state index contributed by atoms with van der Waals surface area (Å²) in [5.74, 6) is -0.832. The summed E-state index contributed by atoms with van der Waals surface area (Å²) >= 11 is 1.66. The quantitative estimate of drug-likeness (QED) is 0.311. The molecule has 1 atom stereocenters. The minimum atomic E-state index is -0.703. The van der Waals surface area contributed by atoms with Crippen LogP contribution in [0.4, 0.5) is 10.5 Å². The number of carbonyl (C=O) groups excluding carboxylic acids is 3. The molecule has 7 nitrogen and oxygen atoms in total. The van der Waals surface area contributed by atoms with Crippen molar-refractivity contribution in [2.24, 2.45) is 0 Å². The molecule has 0 spiro atoms. The van der Waals surface area contributed by atoms with E-state index in [1.807, 2.05) is 54.7 Å². The normalized spacial score (nSPS) is 15.4. The summed E-state index contributed by atoms with van der Waals surface area (Å²) in [6, 6.07) is 20.4. The summed E-state index contributed by atoms with van der Waals surface area (Å²) in [5, 5.41) is 6.49. The van der Waals surface area contributed by atoms with E-state index in [-0.39, 0.29) is 6.54 Å². The van der Waals surface area contributed by atoms with Gasteiger partial charge >= 0.3 is 6.03 Å². The molecular weight excluding hydrogens is 472 g/mol. The highest BCUT2D eigenvalue weighted by atomic mass is 32.2. The first-order valence-electron chi connectivity index (χ1n) is 11.7. The Morgan fingerprint density at radius 1 is 1.03 bits per heavy atom. The van der Waals surface area contributed by atoms with Crippen LogP contribution < -0.4 is 10.6 Å². The van der Waals surface area contributed by atoms with E-state index in [0.29, 0.717) is 12.1 Å². The van der Waals surface area contributed by atoms with Crippen molar-refractivity contribution in [1.29, 1.82) is 0 Å². The number of aryl methyl sites for hydroxylation is 2. The number of aromatic amines is 1. The number of hydrogen-bond donors (Lipinski definition) is 3. The molecule has 0 bridgehead atoms. The Hall–Kier alpha value is -4.04. The van der Waals surface area contributed by atoms with Crippen molar-refractivity contribution in [2.75, 3.05) is 11.9 Å². The second kappa shape index (κ2) is 9.91. The molecule has 1 aliphatic heterocycles. The Kier molecular flexibility index (Phi) is 6.52. The van der Waals surface area contributed by atoms with E-state index >= 15 is 0 Å². The number of imide groups is 1. The van der Waals surface area contributed by atoms with Gasteiger partial charge < -0.3 is 15.6 Å². The average Bonchev–Trinajstić information content (AvgIpc) is 3.39. The Bertz CT molecular complexity index is 1460. The van der Waals surface area contributed by atoms with Gasteiger partial charge in [0.05, 0.1) is 0 Å². The standard InChI is InChI=1S/C28H26N4O3S/c1-17-7-8-18(2)25(13-17)36-21-11-9-20(10-12-21)30-26(33)16-32-27(34)24(31-28(32)35)14-19-15-29-23-6-4-3-5-22(19)23/h3-13,15,24,29H,14,16H2,1-2H3,(H,30,33)(H,31,35). The van der Waals surface area contributed by atoms with E-state index in [9.17, 15) is 14.4 Å². The molecule has 4 amide bonds. The molecule has 8 heteroatoms. The summed E-state index contributed by atoms with van der Waals surface area (Å²) in [7, 11) is 0. The highest BCUT2D eigenvalue weighted by Crippen LogP contribution is 2.31. The van der Waals surface area contributed by atoms with Gasteiger partial charge in [0.2, 0.25) is 5.91 Å². The number of aromatic nitrogens is 1. The molecule has 1 unspecified atom stereocenters. The second-order valence-electron chi connectivity index (χ2n) is 8.93. The van der Waals surface area contributed by atoms with Gasteiger partial charge in [0.1, 0.15) is 12.6 Å². The van der Waals surface area contributed by atoms with E-state index < -0.39 is 23.9 Å². The zero-order chi connectivity index (χ0) is 25.2. The first-order chi connectivity index (χ1) is 17.4. The lowest BCUT2D eigenvalue weighted by atomic mass is 10.1. The van der Waals surface area contributed by atoms with Crippen LogP contribution in [-0.2, 0) is 16.0 Å². The lowest BCUT2D eigenvalue weighted by molar-refractivity contribution is -0.130. The summed E-state index contributed by atoms with van der Waals surface area (Å²) in [6.45, 7) is 3.81. The average molecular weight is 499 g/mol. The number of carbonyl (C=O) groups is 3. The molecule has 182 valence electrons. The van der Waals surface area contributed by atoms with E-state index in [0.717, 1.165) is 26.3 Å². The van der Waals surface area contributed by atoms with Crippen molar-refractivity contribution < 1.29 is 14.4 Å². The smallest absolute Gasteiger partial charge is 0.325 e. The first kappa shape index (κ1) is 23.7. The molecule has 4 aromatic rings. The third kappa shape index (κ3) is 4.99. The molecule has 1 fully saturated rings. The van der Waals surface area contributed by atoms with Crippen LogP contribution in [0, 0.1) is 13.8 Å². The van der Waals surface area contributed by atoms with Crippen molar-refractivity contribution in [2.45, 2.75) is 36.1 Å². The summed E-state index contributed by atoms with van der Waals surface area (Å²) < 4.78 is 0. The van der Waals surface area contributed by atoms with Gasteiger partial charge in [-0.15, -0.1) is 0 Å². The van der Waals surface area contributed by atoms with Crippen molar-refractivity contribution >= 4 is 46.2 Å². The number of para-hydroxylation sites is 1. The number of anilines is 1. The van der Waals surface area contributed by atoms with Gasteiger partial charge in [-0.1, -0.05) is 42.1 Å². The van der Waals surface area contributed by atoms with Crippen LogP contribution >= 0.6 is 11.8 Å². The fourth-order valence-electron chi connectivity index (χ4n) is 4.28. The maximum atomic E-state index is 12.9. The minimum absolute atomic E-state index is 0.339. The topological polar surface area (TPSA) is 94.3 Å². The van der Waals surface area contributed by atoms with E-state index in [1.165, 1.54) is 16.0 Å². The lowest BCUT2D eigenvalue weighted by Gasteiger charge is -2.13. The lowest BCUT2D eigenvalue weighted by Crippen LogP contribution is -2.38. The maximum absolute atomic E-state index is 12.9. The molecule has 1 saturated heterocycles. The second-order valence-corrected chi connectivity index (χ2v) is 10.0. The molecule has 0 radical (unpaired) electrons. The molecule has 1 aromatic heterocycles. The van der Waals surface area contributed by atoms with Gasteiger partial charge in [0.15, 0.2) is 0 Å². The van der Waals surface area contributed by atoms with Crippen LogP contribution in [0.2, 0.25) is 0 Å². The monoisotopic (exact) mass is 498 g/mol. The Morgan fingerprint density at radius 3 is 2.61 bits per heavy atom. The number of rotatable bonds is 7. The molecule has 3 N–H and O–H groups in total. The molecule has 36 heavy (non-hydrogen) atoms. The fraction of sp³-hybridized carbons (Fsp3) is 0.179. The minimum Gasteiger partial charge on any atom is -0.361 e. The number of hydrogen-bond acceptors (Lipinski definition) is 4. The number of nitrogens with one attached hydrogen (secondary N) is 3. The third-order valence-corrected chi connectivity index (χ3v) is 7.38. The number of amides is 4. The number of benzene rings is 3. The predicted octanol–water partition coefficient (Wildman–Crippen LogP) is 5.04. The molecule has 0 saturated carbocycles. The largest absolute Gasteiger partial charge is 0.361 e. The number of fused-ring (bicyclic) bond motifs is 1. The zero-order valence-corrected chi connectivity index (χ0v) is 20.8. The zero-order valence-electron chi connectivity index (χ0n) is 20.0. The maximum Gasteiger partial charge on any atom is 0.325 e. The number of nitrogens with zero attached hydrogens (tertiary/aromatic N) is 1. The Balaban J connectivity index is 1.18. The molecule has 1 aliphatic rings. The third-order valence-electron chi connectivity index (χ3n) is 6.22. The van der Waals surface area contributed by atoms with Crippen molar-refractivity contribution in [3.8, 4) is 0 Å². The summed E-state index contributed by atoms with van der Waals surface area (Å²) in [5.41, 5.74) is 4.93. The molecule has 2 heterocycles. The van der Waals surface area contributed by atoms with Gasteiger partial charge in [-0.25, -0.2) is 4.79 Å². The van der Waals surface area contributed by atoms with Crippen LogP contribution in [0.25, 0.3) is 10.9 Å². The van der Waals surface area contributed by atoms with Crippen molar-refractivity contribution in [1.82, 2.24) is 15.2 Å². The number of H-pyrrole nitrogens is 1. The number of urea groups is 1. The molecule has 0 aliphatic carbocycles. The van der Waals surface area contributed by atoms with Crippen LogP contribution in [-0.4, -0.2) is 40.3 Å². The Labute approximate surface area is 213 Å².